The highest BCUT2D eigenvalue weighted by atomic mass is 32.1. The van der Waals surface area contributed by atoms with E-state index in [1.807, 2.05) is 4.90 Å². The van der Waals surface area contributed by atoms with Gasteiger partial charge in [0.05, 0.1) is 10.4 Å². The molecule has 1 unspecified atom stereocenters. The minimum absolute atomic E-state index is 0.212. The predicted octanol–water partition coefficient (Wildman–Crippen LogP) is 3.51. The van der Waals surface area contributed by atoms with Gasteiger partial charge in [-0.05, 0) is 30.6 Å². The van der Waals surface area contributed by atoms with Crippen molar-refractivity contribution in [2.45, 2.75) is 65.7 Å². The fourth-order valence-electron chi connectivity index (χ4n) is 3.85. The lowest BCUT2D eigenvalue weighted by molar-refractivity contribution is -0.138. The van der Waals surface area contributed by atoms with Crippen LogP contribution in [0.25, 0.3) is 0 Å². The normalized spacial score (nSPS) is 26.4. The summed E-state index contributed by atoms with van der Waals surface area (Å²) in [4.78, 5) is 15.6. The van der Waals surface area contributed by atoms with Gasteiger partial charge in [-0.25, -0.2) is 0 Å². The van der Waals surface area contributed by atoms with Crippen molar-refractivity contribution in [3.05, 3.63) is 0 Å². The van der Waals surface area contributed by atoms with E-state index < -0.39 is 5.41 Å². The Kier molecular flexibility index (Phi) is 4.96. The van der Waals surface area contributed by atoms with Crippen molar-refractivity contribution in [3.8, 4) is 0 Å². The second kappa shape index (κ2) is 6.23. The van der Waals surface area contributed by atoms with E-state index in [1.165, 1.54) is 12.8 Å². The third-order valence-electron chi connectivity index (χ3n) is 5.54. The SMILES string of the molecule is CC(C)(C)C1CCN(C(=O)C2(C(N)=S)CCCCCC2)C1. The minimum Gasteiger partial charge on any atom is -0.392 e. The molecule has 2 aliphatic rings. The van der Waals surface area contributed by atoms with Gasteiger partial charge in [0.1, 0.15) is 0 Å². The molecule has 4 heteroatoms. The van der Waals surface area contributed by atoms with Crippen LogP contribution in [0.5, 0.6) is 0 Å². The Morgan fingerprint density at radius 3 is 2.19 bits per heavy atom. The summed E-state index contributed by atoms with van der Waals surface area (Å²) in [6.45, 7) is 8.53. The van der Waals surface area contributed by atoms with Gasteiger partial charge in [-0.15, -0.1) is 0 Å². The van der Waals surface area contributed by atoms with Gasteiger partial charge < -0.3 is 10.6 Å². The fourth-order valence-corrected chi connectivity index (χ4v) is 4.14. The molecule has 0 aromatic carbocycles. The van der Waals surface area contributed by atoms with Crippen LogP contribution in [0.1, 0.15) is 65.7 Å². The molecular weight excluding hydrogens is 280 g/mol. The molecule has 120 valence electrons. The topological polar surface area (TPSA) is 46.3 Å². The highest BCUT2D eigenvalue weighted by molar-refractivity contribution is 7.80. The van der Waals surface area contributed by atoms with Gasteiger partial charge in [0.2, 0.25) is 5.91 Å². The van der Waals surface area contributed by atoms with Gasteiger partial charge in [0.15, 0.2) is 0 Å². The van der Waals surface area contributed by atoms with E-state index in [9.17, 15) is 4.79 Å². The molecule has 1 aliphatic carbocycles. The Labute approximate surface area is 134 Å². The molecule has 1 saturated carbocycles. The zero-order chi connectivity index (χ0) is 15.7. The molecular formula is C17H30N2OS. The molecule has 2 N–H and O–H groups in total. The maximum atomic E-state index is 13.1. The van der Waals surface area contributed by atoms with Gasteiger partial charge in [0, 0.05) is 13.1 Å². The Balaban J connectivity index is 2.15. The molecule has 2 fully saturated rings. The van der Waals surface area contributed by atoms with Crippen LogP contribution in [0, 0.1) is 16.7 Å². The fraction of sp³-hybridized carbons (Fsp3) is 0.882. The van der Waals surface area contributed by atoms with Crippen LogP contribution in [0.3, 0.4) is 0 Å². The number of likely N-dealkylation sites (tertiary alicyclic amines) is 1. The van der Waals surface area contributed by atoms with Gasteiger partial charge >= 0.3 is 0 Å². The molecule has 0 aromatic rings. The summed E-state index contributed by atoms with van der Waals surface area (Å²) < 4.78 is 0. The van der Waals surface area contributed by atoms with Crippen molar-refractivity contribution in [1.82, 2.24) is 4.90 Å². The van der Waals surface area contributed by atoms with Crippen molar-refractivity contribution in [2.24, 2.45) is 22.5 Å². The minimum atomic E-state index is -0.557. The van der Waals surface area contributed by atoms with Crippen LogP contribution in [0.2, 0.25) is 0 Å². The van der Waals surface area contributed by atoms with Gasteiger partial charge in [-0.1, -0.05) is 58.7 Å². The lowest BCUT2D eigenvalue weighted by atomic mass is 9.78. The zero-order valence-electron chi connectivity index (χ0n) is 13.8. The maximum Gasteiger partial charge on any atom is 0.235 e. The molecule has 1 saturated heterocycles. The molecule has 1 atom stereocenters. The second-order valence-corrected chi connectivity index (χ2v) is 8.40. The number of nitrogens with zero attached hydrogens (tertiary/aromatic N) is 1. The average molecular weight is 311 g/mol. The maximum absolute atomic E-state index is 13.1. The second-order valence-electron chi connectivity index (χ2n) is 7.96. The summed E-state index contributed by atoms with van der Waals surface area (Å²) in [6.07, 6.45) is 7.32. The zero-order valence-corrected chi connectivity index (χ0v) is 14.6. The summed E-state index contributed by atoms with van der Waals surface area (Å²) in [5.74, 6) is 0.791. The van der Waals surface area contributed by atoms with Crippen LogP contribution >= 0.6 is 12.2 Å². The third-order valence-corrected chi connectivity index (χ3v) is 5.93. The lowest BCUT2D eigenvalue weighted by Crippen LogP contribution is -2.50. The number of rotatable bonds is 2. The average Bonchev–Trinajstić information content (AvgIpc) is 2.76. The van der Waals surface area contributed by atoms with Crippen molar-refractivity contribution in [3.63, 3.8) is 0 Å². The number of amides is 1. The van der Waals surface area contributed by atoms with Crippen LogP contribution < -0.4 is 5.73 Å². The third kappa shape index (κ3) is 3.41. The molecule has 1 amide bonds. The van der Waals surface area contributed by atoms with Crippen LogP contribution in [0.4, 0.5) is 0 Å². The van der Waals surface area contributed by atoms with Gasteiger partial charge in [0.25, 0.3) is 0 Å². The Morgan fingerprint density at radius 1 is 1.19 bits per heavy atom. The number of hydrogen-bond donors (Lipinski definition) is 1. The van der Waals surface area contributed by atoms with E-state index in [0.29, 0.717) is 10.9 Å². The molecule has 0 spiro atoms. The quantitative estimate of drug-likeness (QED) is 0.627. The first-order valence-corrected chi connectivity index (χ1v) is 8.77. The summed E-state index contributed by atoms with van der Waals surface area (Å²) in [5, 5.41) is 0. The molecule has 1 aliphatic heterocycles. The summed E-state index contributed by atoms with van der Waals surface area (Å²) in [5.41, 5.74) is 5.75. The molecule has 3 nitrogen and oxygen atoms in total. The van der Waals surface area contributed by atoms with E-state index in [4.69, 9.17) is 18.0 Å². The smallest absolute Gasteiger partial charge is 0.235 e. The first-order chi connectivity index (χ1) is 9.77. The van der Waals surface area contributed by atoms with E-state index in [0.717, 1.165) is 45.2 Å². The van der Waals surface area contributed by atoms with Crippen LogP contribution in [0.15, 0.2) is 0 Å². The van der Waals surface area contributed by atoms with Gasteiger partial charge in [-0.3, -0.25) is 4.79 Å². The highest BCUT2D eigenvalue weighted by Crippen LogP contribution is 2.40. The monoisotopic (exact) mass is 310 g/mol. The number of nitrogens with two attached hydrogens (primary N) is 1. The molecule has 0 radical (unpaired) electrons. The molecule has 21 heavy (non-hydrogen) atoms. The number of carbonyl (C=O) groups excluding carboxylic acids is 1. The van der Waals surface area contributed by atoms with Crippen LogP contribution in [-0.2, 0) is 4.79 Å². The summed E-state index contributed by atoms with van der Waals surface area (Å²) >= 11 is 5.33. The Bertz CT molecular complexity index is 406. The first kappa shape index (κ1) is 16.7. The van der Waals surface area contributed by atoms with Crippen molar-refractivity contribution in [2.75, 3.05) is 13.1 Å². The largest absolute Gasteiger partial charge is 0.392 e. The molecule has 1 heterocycles. The summed E-state index contributed by atoms with van der Waals surface area (Å²) in [7, 11) is 0. The Hall–Kier alpha value is -0.640. The van der Waals surface area contributed by atoms with Crippen molar-refractivity contribution < 1.29 is 4.79 Å². The predicted molar refractivity (Wildman–Crippen MR) is 91.1 cm³/mol. The molecule has 0 aromatic heterocycles. The number of thiocarbonyl (C=S) groups is 1. The highest BCUT2D eigenvalue weighted by Gasteiger charge is 2.46. The summed E-state index contributed by atoms with van der Waals surface area (Å²) in [6, 6.07) is 0. The number of carbonyl (C=O) groups is 1. The lowest BCUT2D eigenvalue weighted by Gasteiger charge is -2.35. The van der Waals surface area contributed by atoms with Crippen molar-refractivity contribution >= 4 is 23.1 Å². The van der Waals surface area contributed by atoms with E-state index in [-0.39, 0.29) is 11.3 Å². The van der Waals surface area contributed by atoms with E-state index in [1.54, 1.807) is 0 Å². The molecule has 2 rings (SSSR count). The molecule has 0 bridgehead atoms. The van der Waals surface area contributed by atoms with E-state index in [2.05, 4.69) is 20.8 Å². The Morgan fingerprint density at radius 2 is 1.76 bits per heavy atom. The van der Waals surface area contributed by atoms with Crippen molar-refractivity contribution in [1.29, 1.82) is 0 Å². The van der Waals surface area contributed by atoms with Crippen LogP contribution in [-0.4, -0.2) is 28.9 Å². The van der Waals surface area contributed by atoms with Gasteiger partial charge in [-0.2, -0.15) is 0 Å². The standard InChI is InChI=1S/C17H30N2OS/c1-16(2,3)13-8-11-19(12-13)15(20)17(14(18)21)9-6-4-5-7-10-17/h13H,4-12H2,1-3H3,(H2,18,21). The number of hydrogen-bond acceptors (Lipinski definition) is 2. The first-order valence-electron chi connectivity index (χ1n) is 8.37. The van der Waals surface area contributed by atoms with E-state index >= 15 is 0 Å².